The second kappa shape index (κ2) is 13.3. The van der Waals surface area contributed by atoms with Crippen molar-refractivity contribution in [3.63, 3.8) is 0 Å². The number of urea groups is 1. The van der Waals surface area contributed by atoms with Crippen molar-refractivity contribution in [1.82, 2.24) is 15.4 Å². The second-order valence-corrected chi connectivity index (χ2v) is 10.0. The Kier molecular flexibility index (Phi) is 11.2. The van der Waals surface area contributed by atoms with Crippen LogP contribution in [0.4, 0.5) is 4.79 Å². The van der Waals surface area contributed by atoms with Crippen LogP contribution in [0.25, 0.3) is 0 Å². The summed E-state index contributed by atoms with van der Waals surface area (Å²) in [4.78, 5) is 24.5. The molecular weight excluding hydrogens is 489 g/mol. The van der Waals surface area contributed by atoms with E-state index in [0.717, 1.165) is 37.7 Å². The fourth-order valence-corrected chi connectivity index (χ4v) is 4.84. The molecule has 2 aromatic rings. The number of halogens is 1. The Morgan fingerprint density at radius 3 is 2.38 bits per heavy atom. The van der Waals surface area contributed by atoms with Crippen molar-refractivity contribution in [3.8, 4) is 5.75 Å². The summed E-state index contributed by atoms with van der Waals surface area (Å²) in [5, 5.41) is 5.96. The average molecular weight is 518 g/mol. The van der Waals surface area contributed by atoms with Crippen LogP contribution < -0.4 is 20.1 Å². The molecule has 0 heterocycles. The van der Waals surface area contributed by atoms with Crippen LogP contribution in [0.2, 0.25) is 5.02 Å². The molecule has 34 heavy (non-hydrogen) atoms. The molecule has 3 N–H and O–H groups in total. The summed E-state index contributed by atoms with van der Waals surface area (Å²) in [6.07, 6.45) is 5.43. The van der Waals surface area contributed by atoms with E-state index in [1.54, 1.807) is 24.3 Å². The van der Waals surface area contributed by atoms with Gasteiger partial charge in [0.1, 0.15) is 5.75 Å². The van der Waals surface area contributed by atoms with Crippen LogP contribution in [0.3, 0.4) is 0 Å². The van der Waals surface area contributed by atoms with Gasteiger partial charge in [0.25, 0.3) is 15.9 Å². The zero-order valence-corrected chi connectivity index (χ0v) is 20.0. The first-order valence-corrected chi connectivity index (χ1v) is 12.7. The van der Waals surface area contributed by atoms with Gasteiger partial charge in [-0.15, -0.1) is 0 Å². The van der Waals surface area contributed by atoms with E-state index < -0.39 is 16.1 Å². The van der Waals surface area contributed by atoms with Gasteiger partial charge in [0.2, 0.25) is 0 Å². The first-order chi connectivity index (χ1) is 15.8. The number of hydrogen-bond acceptors (Lipinski definition) is 5. The van der Waals surface area contributed by atoms with Gasteiger partial charge in [-0.2, -0.15) is 0 Å². The van der Waals surface area contributed by atoms with E-state index in [9.17, 15) is 18.0 Å². The molecule has 0 aliphatic heterocycles. The molecule has 1 aliphatic carbocycles. The van der Waals surface area contributed by atoms with Crippen LogP contribution in [0.15, 0.2) is 47.4 Å². The van der Waals surface area contributed by atoms with E-state index in [1.807, 2.05) is 0 Å². The summed E-state index contributed by atoms with van der Waals surface area (Å²) >= 11 is 5.96. The van der Waals surface area contributed by atoms with Gasteiger partial charge in [-0.05, 0) is 55.2 Å². The molecule has 3 rings (SSSR count). The number of hydrogen-bond donors (Lipinski definition) is 3. The van der Waals surface area contributed by atoms with Gasteiger partial charge in [-0.1, -0.05) is 43.0 Å². The number of rotatable bonds is 8. The Balaban J connectivity index is 0.00000408. The van der Waals surface area contributed by atoms with Crippen molar-refractivity contribution < 1.29 is 22.7 Å². The molecule has 11 heteroatoms. The SMILES string of the molecule is COc1ccc(Cl)cc1C(=O)NCCc1ccc(S(=O)(=O)NC(=O)NC2CCCCC2)cc1.[NaH]. The van der Waals surface area contributed by atoms with Gasteiger partial charge in [0.15, 0.2) is 0 Å². The third-order valence-corrected chi connectivity index (χ3v) is 7.09. The fraction of sp³-hybridized carbons (Fsp3) is 0.391. The molecule has 1 saturated carbocycles. The Hall–Kier alpha value is -1.78. The van der Waals surface area contributed by atoms with Crippen LogP contribution in [0, 0.1) is 0 Å². The summed E-state index contributed by atoms with van der Waals surface area (Å²) in [7, 11) is -2.49. The molecule has 0 aromatic heterocycles. The normalized spacial score (nSPS) is 13.9. The van der Waals surface area contributed by atoms with Crippen molar-refractivity contribution in [2.75, 3.05) is 13.7 Å². The Bertz CT molecular complexity index is 1090. The first-order valence-electron chi connectivity index (χ1n) is 10.8. The maximum absolute atomic E-state index is 12.5. The van der Waals surface area contributed by atoms with Crippen molar-refractivity contribution in [2.45, 2.75) is 49.5 Å². The second-order valence-electron chi connectivity index (χ2n) is 7.91. The number of carbonyl (C=O) groups excluding carboxylic acids is 2. The number of benzene rings is 2. The zero-order valence-electron chi connectivity index (χ0n) is 18.4. The Labute approximate surface area is 227 Å². The van der Waals surface area contributed by atoms with Crippen LogP contribution in [0.1, 0.15) is 48.0 Å². The van der Waals surface area contributed by atoms with Crippen molar-refractivity contribution >= 4 is 63.1 Å². The summed E-state index contributed by atoms with van der Waals surface area (Å²) in [5.41, 5.74) is 1.17. The quantitative estimate of drug-likeness (QED) is 0.466. The summed E-state index contributed by atoms with van der Waals surface area (Å²) < 4.78 is 32.2. The molecule has 1 aliphatic rings. The molecule has 0 atom stereocenters. The monoisotopic (exact) mass is 517 g/mol. The van der Waals surface area contributed by atoms with E-state index in [2.05, 4.69) is 15.4 Å². The number of nitrogens with one attached hydrogen (secondary N) is 3. The molecule has 0 saturated heterocycles. The van der Waals surface area contributed by atoms with Gasteiger partial charge in [-0.3, -0.25) is 4.79 Å². The van der Waals surface area contributed by atoms with Crippen molar-refractivity contribution in [3.05, 3.63) is 58.6 Å². The van der Waals surface area contributed by atoms with Crippen LogP contribution in [0.5, 0.6) is 5.75 Å². The number of amides is 3. The van der Waals surface area contributed by atoms with Crippen LogP contribution in [-0.2, 0) is 16.4 Å². The molecule has 2 aromatic carbocycles. The third-order valence-electron chi connectivity index (χ3n) is 5.51. The number of ether oxygens (including phenoxy) is 1. The Morgan fingerprint density at radius 1 is 1.06 bits per heavy atom. The number of sulfonamides is 1. The molecule has 0 spiro atoms. The standard InChI is InChI=1S/C23H28ClN3O5S.Na.H/c1-32-21-12-9-17(24)15-20(21)22(28)25-14-13-16-7-10-19(11-8-16)33(30,31)27-23(29)26-18-5-3-2-4-6-18;;/h7-12,15,18H,2-6,13-14H2,1H3,(H,25,28)(H2,26,27,29);;. The van der Waals surface area contributed by atoms with E-state index in [1.165, 1.54) is 25.3 Å². The van der Waals surface area contributed by atoms with Gasteiger partial charge >= 0.3 is 35.6 Å². The molecule has 1 fully saturated rings. The molecule has 8 nitrogen and oxygen atoms in total. The Morgan fingerprint density at radius 2 is 1.74 bits per heavy atom. The predicted octanol–water partition coefficient (Wildman–Crippen LogP) is 2.99. The topological polar surface area (TPSA) is 114 Å². The maximum atomic E-state index is 12.5. The summed E-state index contributed by atoms with van der Waals surface area (Å²) in [6.45, 7) is 0.336. The molecule has 180 valence electrons. The first kappa shape index (κ1) is 28.5. The van der Waals surface area contributed by atoms with Gasteiger partial charge in [-0.25, -0.2) is 17.9 Å². The van der Waals surface area contributed by atoms with Gasteiger partial charge in [0, 0.05) is 17.6 Å². The van der Waals surface area contributed by atoms with Crippen molar-refractivity contribution in [2.24, 2.45) is 0 Å². The summed E-state index contributed by atoms with van der Waals surface area (Å²) in [6, 6.07) is 10.3. The zero-order chi connectivity index (χ0) is 23.8. The van der Waals surface area contributed by atoms with E-state index in [0.29, 0.717) is 29.3 Å². The van der Waals surface area contributed by atoms with Crippen molar-refractivity contribution in [1.29, 1.82) is 0 Å². The minimum atomic E-state index is -3.97. The molecule has 0 unspecified atom stereocenters. The van der Waals surface area contributed by atoms with Crippen LogP contribution >= 0.6 is 11.6 Å². The molecular formula is C23H29ClN3NaO5S. The van der Waals surface area contributed by atoms with Gasteiger partial charge < -0.3 is 15.4 Å². The number of carbonyl (C=O) groups is 2. The third kappa shape index (κ3) is 8.16. The van der Waals surface area contributed by atoms with E-state index in [-0.39, 0.29) is 46.4 Å². The summed E-state index contributed by atoms with van der Waals surface area (Å²) in [5.74, 6) is 0.105. The average Bonchev–Trinajstić information content (AvgIpc) is 2.79. The predicted molar refractivity (Wildman–Crippen MR) is 133 cm³/mol. The minimum absolute atomic E-state index is 0. The van der Waals surface area contributed by atoms with E-state index in [4.69, 9.17) is 16.3 Å². The molecule has 0 bridgehead atoms. The van der Waals surface area contributed by atoms with E-state index >= 15 is 0 Å². The fourth-order valence-electron chi connectivity index (χ4n) is 3.75. The number of methoxy groups -OCH3 is 1. The van der Waals surface area contributed by atoms with Gasteiger partial charge in [0.05, 0.1) is 17.6 Å². The molecule has 3 amide bonds. The van der Waals surface area contributed by atoms with Crippen LogP contribution in [-0.4, -0.2) is 69.6 Å². The molecule has 0 radical (unpaired) electrons.